The molecule has 0 bridgehead atoms. The molecule has 2 heterocycles. The van der Waals surface area contributed by atoms with Crippen LogP contribution in [0.25, 0.3) is 0 Å². The number of para-hydroxylation sites is 1. The number of hydrogen-bond acceptors (Lipinski definition) is 6. The molecule has 0 saturated carbocycles. The van der Waals surface area contributed by atoms with E-state index >= 15 is 0 Å². The number of aromatic nitrogens is 3. The lowest BCUT2D eigenvalue weighted by Crippen LogP contribution is -2.31. The number of ether oxygens (including phenoxy) is 1. The Morgan fingerprint density at radius 2 is 1.74 bits per heavy atom. The van der Waals surface area contributed by atoms with E-state index in [-0.39, 0.29) is 12.5 Å². The molecule has 216 valence electrons. The summed E-state index contributed by atoms with van der Waals surface area (Å²) in [6, 6.07) is 32.0. The van der Waals surface area contributed by atoms with Crippen molar-refractivity contribution < 1.29 is 9.53 Å². The van der Waals surface area contributed by atoms with Crippen LogP contribution in [-0.2, 0) is 17.2 Å². The Bertz CT molecular complexity index is 1790. The van der Waals surface area contributed by atoms with Crippen molar-refractivity contribution >= 4 is 52.5 Å². The fourth-order valence-corrected chi connectivity index (χ4v) is 6.06. The maximum absolute atomic E-state index is 13.8. The smallest absolute Gasteiger partial charge is 0.255 e. The highest BCUT2D eigenvalue weighted by Gasteiger charge is 2.34. The van der Waals surface area contributed by atoms with E-state index in [0.29, 0.717) is 43.9 Å². The van der Waals surface area contributed by atoms with Crippen LogP contribution in [0.4, 0.5) is 11.6 Å². The number of rotatable bonds is 9. The minimum absolute atomic E-state index is 0.236. The van der Waals surface area contributed by atoms with Crippen molar-refractivity contribution in [2.45, 2.75) is 30.5 Å². The summed E-state index contributed by atoms with van der Waals surface area (Å²) in [6.07, 6.45) is 0. The van der Waals surface area contributed by atoms with E-state index in [1.54, 1.807) is 28.6 Å². The second-order valence-electron chi connectivity index (χ2n) is 9.92. The number of carbonyl (C=O) groups excluding carboxylic acids is 1. The van der Waals surface area contributed by atoms with Crippen molar-refractivity contribution in [2.24, 2.45) is 0 Å². The van der Waals surface area contributed by atoms with Gasteiger partial charge in [-0.05, 0) is 54.4 Å². The van der Waals surface area contributed by atoms with E-state index in [9.17, 15) is 4.79 Å². The van der Waals surface area contributed by atoms with Gasteiger partial charge < -0.3 is 15.4 Å². The summed E-state index contributed by atoms with van der Waals surface area (Å²) in [7, 11) is 0. The van der Waals surface area contributed by atoms with Crippen LogP contribution in [0.1, 0.15) is 29.7 Å². The molecule has 1 unspecified atom stereocenters. The number of hydrogen-bond donors (Lipinski definition) is 2. The van der Waals surface area contributed by atoms with Crippen LogP contribution in [0.15, 0.2) is 120 Å². The third kappa shape index (κ3) is 6.72. The highest BCUT2D eigenvalue weighted by Crippen LogP contribution is 2.38. The number of nitrogens with one attached hydrogen (secondary N) is 2. The van der Waals surface area contributed by atoms with Gasteiger partial charge in [0.1, 0.15) is 18.4 Å². The van der Waals surface area contributed by atoms with Gasteiger partial charge in [0.2, 0.25) is 11.1 Å². The van der Waals surface area contributed by atoms with Crippen molar-refractivity contribution in [3.05, 3.63) is 141 Å². The van der Waals surface area contributed by atoms with Crippen molar-refractivity contribution in [2.75, 3.05) is 10.6 Å². The van der Waals surface area contributed by atoms with E-state index in [2.05, 4.69) is 22.8 Å². The molecule has 6 rings (SSSR count). The van der Waals surface area contributed by atoms with Crippen molar-refractivity contribution in [1.29, 1.82) is 0 Å². The lowest BCUT2D eigenvalue weighted by atomic mass is 9.95. The zero-order valence-electron chi connectivity index (χ0n) is 23.1. The van der Waals surface area contributed by atoms with Gasteiger partial charge >= 0.3 is 0 Å². The predicted octanol–water partition coefficient (Wildman–Crippen LogP) is 8.38. The number of amides is 1. The number of carbonyl (C=O) groups is 1. The summed E-state index contributed by atoms with van der Waals surface area (Å²) in [4.78, 5) is 18.6. The van der Waals surface area contributed by atoms with E-state index in [1.807, 2.05) is 85.8 Å². The Labute approximate surface area is 263 Å². The summed E-state index contributed by atoms with van der Waals surface area (Å²) in [6.45, 7) is 2.14. The predicted molar refractivity (Wildman–Crippen MR) is 173 cm³/mol. The maximum Gasteiger partial charge on any atom is 0.255 e. The molecule has 5 aromatic rings. The van der Waals surface area contributed by atoms with Crippen molar-refractivity contribution in [3.8, 4) is 5.75 Å². The van der Waals surface area contributed by atoms with Crippen LogP contribution in [-0.4, -0.2) is 20.7 Å². The summed E-state index contributed by atoms with van der Waals surface area (Å²) in [5.74, 6) is 1.68. The van der Waals surface area contributed by atoms with Crippen LogP contribution in [0, 0.1) is 0 Å². The fourth-order valence-electron chi connectivity index (χ4n) is 4.81. The van der Waals surface area contributed by atoms with Crippen molar-refractivity contribution in [1.82, 2.24) is 14.8 Å². The first-order chi connectivity index (χ1) is 20.9. The standard InChI is InChI=1S/C33H27Cl2N5O2S/c1-21-29(31(41)37-26-12-6-3-7-13-26)30(40-32(36-21)38-33(39-40)43-20-22-9-4-2-5-10-22)23-11-8-14-27(17-23)42-19-24-15-16-25(34)18-28(24)35/h2-18,30H,19-20H2,1H3,(H,37,41)(H,36,38,39). The van der Waals surface area contributed by atoms with Gasteiger partial charge in [0, 0.05) is 32.7 Å². The Balaban J connectivity index is 1.33. The largest absolute Gasteiger partial charge is 0.489 e. The van der Waals surface area contributed by atoms with E-state index < -0.39 is 6.04 Å². The molecule has 1 aliphatic heterocycles. The number of anilines is 2. The lowest BCUT2D eigenvalue weighted by molar-refractivity contribution is -0.113. The number of benzene rings is 4. The molecule has 4 aromatic carbocycles. The average molecular weight is 629 g/mol. The molecule has 0 radical (unpaired) electrons. The molecular weight excluding hydrogens is 601 g/mol. The maximum atomic E-state index is 13.8. The molecule has 1 aromatic heterocycles. The Kier molecular flexibility index (Phi) is 8.69. The van der Waals surface area contributed by atoms with E-state index in [1.165, 1.54) is 5.56 Å². The topological polar surface area (TPSA) is 81.1 Å². The van der Waals surface area contributed by atoms with Gasteiger partial charge in [-0.25, -0.2) is 4.68 Å². The Hall–Kier alpha value is -4.24. The molecule has 0 fully saturated rings. The number of allylic oxidation sites excluding steroid dienone is 1. The first-order valence-electron chi connectivity index (χ1n) is 13.6. The second kappa shape index (κ2) is 13.0. The first kappa shape index (κ1) is 28.9. The molecule has 2 N–H and O–H groups in total. The fraction of sp³-hybridized carbons (Fsp3) is 0.121. The van der Waals surface area contributed by atoms with Gasteiger partial charge in [-0.1, -0.05) is 102 Å². The zero-order valence-corrected chi connectivity index (χ0v) is 25.5. The van der Waals surface area contributed by atoms with E-state index in [4.69, 9.17) is 38.0 Å². The molecular formula is C33H27Cl2N5O2S. The summed E-state index contributed by atoms with van der Waals surface area (Å²) >= 11 is 14.0. The average Bonchev–Trinajstić information content (AvgIpc) is 3.42. The molecule has 10 heteroatoms. The van der Waals surface area contributed by atoms with Gasteiger partial charge in [-0.3, -0.25) is 4.79 Å². The third-order valence-electron chi connectivity index (χ3n) is 6.90. The van der Waals surface area contributed by atoms with Gasteiger partial charge in [0.15, 0.2) is 0 Å². The molecule has 0 saturated heterocycles. The number of thioether (sulfide) groups is 1. The molecule has 43 heavy (non-hydrogen) atoms. The summed E-state index contributed by atoms with van der Waals surface area (Å²) in [5, 5.41) is 12.9. The van der Waals surface area contributed by atoms with Crippen LogP contribution < -0.4 is 15.4 Å². The SMILES string of the molecule is CC1=C(C(=O)Nc2ccccc2)C(c2cccc(OCc3ccc(Cl)cc3Cl)c2)n2nc(SCc3ccccc3)nc2N1. The van der Waals surface area contributed by atoms with Crippen molar-refractivity contribution in [3.63, 3.8) is 0 Å². The first-order valence-corrected chi connectivity index (χ1v) is 15.3. The minimum atomic E-state index is -0.554. The molecule has 7 nitrogen and oxygen atoms in total. The van der Waals surface area contributed by atoms with Crippen LogP contribution in [0.3, 0.4) is 0 Å². The second-order valence-corrected chi connectivity index (χ2v) is 11.7. The van der Waals surface area contributed by atoms with Gasteiger partial charge in [0.25, 0.3) is 5.91 Å². The molecule has 1 atom stereocenters. The highest BCUT2D eigenvalue weighted by atomic mass is 35.5. The zero-order chi connectivity index (χ0) is 29.8. The Morgan fingerprint density at radius 3 is 2.51 bits per heavy atom. The van der Waals surface area contributed by atoms with Crippen LogP contribution >= 0.6 is 35.0 Å². The molecule has 1 amide bonds. The lowest BCUT2D eigenvalue weighted by Gasteiger charge is -2.29. The molecule has 1 aliphatic rings. The minimum Gasteiger partial charge on any atom is -0.489 e. The summed E-state index contributed by atoms with van der Waals surface area (Å²) in [5.41, 5.74) is 4.73. The Morgan fingerprint density at radius 1 is 0.977 bits per heavy atom. The molecule has 0 spiro atoms. The van der Waals surface area contributed by atoms with E-state index in [0.717, 1.165) is 16.9 Å². The summed E-state index contributed by atoms with van der Waals surface area (Å²) < 4.78 is 7.91. The van der Waals surface area contributed by atoms with Gasteiger partial charge in [-0.15, -0.1) is 5.10 Å². The van der Waals surface area contributed by atoms with Crippen LogP contribution in [0.5, 0.6) is 5.75 Å². The normalized spacial score (nSPS) is 14.2. The quantitative estimate of drug-likeness (QED) is 0.160. The van der Waals surface area contributed by atoms with Gasteiger partial charge in [0.05, 0.1) is 5.57 Å². The highest BCUT2D eigenvalue weighted by molar-refractivity contribution is 7.98. The van der Waals surface area contributed by atoms with Gasteiger partial charge in [-0.2, -0.15) is 4.98 Å². The monoisotopic (exact) mass is 627 g/mol. The third-order valence-corrected chi connectivity index (χ3v) is 8.40. The molecule has 0 aliphatic carbocycles. The number of fused-ring (bicyclic) bond motifs is 1. The van der Waals surface area contributed by atoms with Crippen LogP contribution in [0.2, 0.25) is 10.0 Å². The number of nitrogens with zero attached hydrogens (tertiary/aromatic N) is 3. The number of halogens is 2.